The highest BCUT2D eigenvalue weighted by Crippen LogP contribution is 2.18. The van der Waals surface area contributed by atoms with Crippen molar-refractivity contribution >= 4 is 27.3 Å². The van der Waals surface area contributed by atoms with Crippen LogP contribution in [0.3, 0.4) is 0 Å². The Balaban J connectivity index is 2.05. The Bertz CT molecular complexity index is 818. The molecule has 0 saturated carbocycles. The van der Waals surface area contributed by atoms with E-state index in [2.05, 4.69) is 11.9 Å². The highest BCUT2D eigenvalue weighted by atomic mass is 32.2. The number of hydrogen-bond donors (Lipinski definition) is 1. The Labute approximate surface area is 147 Å². The summed E-state index contributed by atoms with van der Waals surface area (Å²) in [5.74, 6) is 0.217. The lowest BCUT2D eigenvalue weighted by Gasteiger charge is -2.21. The number of ether oxygens (including phenoxy) is 1. The van der Waals surface area contributed by atoms with Crippen LogP contribution < -0.4 is 14.4 Å². The number of amides is 1. The van der Waals surface area contributed by atoms with Crippen molar-refractivity contribution in [2.24, 2.45) is 0 Å². The van der Waals surface area contributed by atoms with E-state index in [0.29, 0.717) is 23.7 Å². The fourth-order valence-corrected chi connectivity index (χ4v) is 2.97. The van der Waals surface area contributed by atoms with Gasteiger partial charge < -0.3 is 10.1 Å². The van der Waals surface area contributed by atoms with Gasteiger partial charge in [0.25, 0.3) is 0 Å². The summed E-state index contributed by atoms with van der Waals surface area (Å²) in [7, 11) is -3.58. The topological polar surface area (TPSA) is 75.7 Å². The summed E-state index contributed by atoms with van der Waals surface area (Å²) in [4.78, 5) is 12.2. The SMILES string of the molecule is C=CCOc1ccc(NC(=O)CN(c2ccccc2)S(C)(=O)=O)cc1. The first-order valence-corrected chi connectivity index (χ1v) is 9.41. The van der Waals surface area contributed by atoms with Gasteiger partial charge in [0.1, 0.15) is 18.9 Å². The van der Waals surface area contributed by atoms with Crippen LogP contribution >= 0.6 is 0 Å². The van der Waals surface area contributed by atoms with Gasteiger partial charge in [0.05, 0.1) is 11.9 Å². The number of benzene rings is 2. The predicted molar refractivity (Wildman–Crippen MR) is 99.4 cm³/mol. The molecule has 2 rings (SSSR count). The Morgan fingerprint density at radius 1 is 1.16 bits per heavy atom. The average Bonchev–Trinajstić information content (AvgIpc) is 2.59. The molecular formula is C18H20N2O4S. The van der Waals surface area contributed by atoms with Crippen molar-refractivity contribution in [2.45, 2.75) is 0 Å². The van der Waals surface area contributed by atoms with Crippen LogP contribution in [-0.4, -0.2) is 33.7 Å². The fourth-order valence-electron chi connectivity index (χ4n) is 2.11. The van der Waals surface area contributed by atoms with Crippen LogP contribution in [0, 0.1) is 0 Å². The van der Waals surface area contributed by atoms with Gasteiger partial charge in [-0.15, -0.1) is 0 Å². The second-order valence-corrected chi connectivity index (χ2v) is 7.18. The van der Waals surface area contributed by atoms with Crippen LogP contribution in [0.1, 0.15) is 0 Å². The van der Waals surface area contributed by atoms with Gasteiger partial charge in [-0.25, -0.2) is 8.42 Å². The molecule has 0 fully saturated rings. The van der Waals surface area contributed by atoms with E-state index in [1.807, 2.05) is 0 Å². The molecule has 1 N–H and O–H groups in total. The lowest BCUT2D eigenvalue weighted by Crippen LogP contribution is -2.37. The van der Waals surface area contributed by atoms with Gasteiger partial charge >= 0.3 is 0 Å². The van der Waals surface area contributed by atoms with Crippen molar-refractivity contribution in [1.82, 2.24) is 0 Å². The van der Waals surface area contributed by atoms with Crippen molar-refractivity contribution in [2.75, 3.05) is 29.0 Å². The molecule has 2 aromatic carbocycles. The molecule has 2 aromatic rings. The summed E-state index contributed by atoms with van der Waals surface area (Å²) in [6.45, 7) is 3.66. The Morgan fingerprint density at radius 3 is 2.36 bits per heavy atom. The number of carbonyl (C=O) groups excluding carboxylic acids is 1. The third kappa shape index (κ3) is 5.65. The molecule has 7 heteroatoms. The number of para-hydroxylation sites is 1. The second kappa shape index (κ2) is 8.34. The molecule has 0 atom stereocenters. The molecule has 0 aromatic heterocycles. The third-order valence-electron chi connectivity index (χ3n) is 3.24. The predicted octanol–water partition coefficient (Wildman–Crippen LogP) is 2.66. The number of hydrogen-bond acceptors (Lipinski definition) is 4. The molecule has 0 aliphatic carbocycles. The van der Waals surface area contributed by atoms with E-state index < -0.39 is 15.9 Å². The van der Waals surface area contributed by atoms with E-state index in [1.54, 1.807) is 60.7 Å². The zero-order valence-corrected chi connectivity index (χ0v) is 14.7. The smallest absolute Gasteiger partial charge is 0.245 e. The van der Waals surface area contributed by atoms with Gasteiger partial charge in [0.2, 0.25) is 15.9 Å². The van der Waals surface area contributed by atoms with Crippen molar-refractivity contribution in [3.63, 3.8) is 0 Å². The van der Waals surface area contributed by atoms with Crippen molar-refractivity contribution in [3.8, 4) is 5.75 Å². The standard InChI is InChI=1S/C18H20N2O4S/c1-3-13-24-17-11-9-15(10-12-17)19-18(21)14-20(25(2,22)23)16-7-5-4-6-8-16/h3-12H,1,13-14H2,2H3,(H,19,21). The minimum absolute atomic E-state index is 0.308. The number of anilines is 2. The van der Waals surface area contributed by atoms with E-state index in [9.17, 15) is 13.2 Å². The van der Waals surface area contributed by atoms with Crippen LogP contribution in [-0.2, 0) is 14.8 Å². The fraction of sp³-hybridized carbons (Fsp3) is 0.167. The summed E-state index contributed by atoms with van der Waals surface area (Å²) in [6.07, 6.45) is 2.71. The number of rotatable bonds is 8. The molecule has 0 heterocycles. The summed E-state index contributed by atoms with van der Waals surface area (Å²) in [6, 6.07) is 15.3. The molecule has 1 amide bonds. The molecule has 0 spiro atoms. The van der Waals surface area contributed by atoms with E-state index >= 15 is 0 Å². The minimum atomic E-state index is -3.58. The molecule has 0 bridgehead atoms. The Kier molecular flexibility index (Phi) is 6.19. The summed E-state index contributed by atoms with van der Waals surface area (Å²) < 4.78 is 30.4. The van der Waals surface area contributed by atoms with Crippen LogP contribution in [0.5, 0.6) is 5.75 Å². The quantitative estimate of drug-likeness (QED) is 0.735. The van der Waals surface area contributed by atoms with Gasteiger partial charge in [-0.05, 0) is 36.4 Å². The number of nitrogens with zero attached hydrogens (tertiary/aromatic N) is 1. The maximum absolute atomic E-state index is 12.2. The maximum Gasteiger partial charge on any atom is 0.245 e. The van der Waals surface area contributed by atoms with Crippen molar-refractivity contribution < 1.29 is 17.9 Å². The molecule has 0 radical (unpaired) electrons. The number of nitrogens with one attached hydrogen (secondary N) is 1. The zero-order chi connectivity index (χ0) is 18.3. The van der Waals surface area contributed by atoms with E-state index in [-0.39, 0.29) is 6.54 Å². The first kappa shape index (κ1) is 18.5. The monoisotopic (exact) mass is 360 g/mol. The van der Waals surface area contributed by atoms with Gasteiger partial charge in [-0.2, -0.15) is 0 Å². The second-order valence-electron chi connectivity index (χ2n) is 5.28. The molecule has 132 valence electrons. The average molecular weight is 360 g/mol. The lowest BCUT2D eigenvalue weighted by molar-refractivity contribution is -0.114. The zero-order valence-electron chi connectivity index (χ0n) is 13.9. The van der Waals surface area contributed by atoms with E-state index in [1.165, 1.54) is 0 Å². The first-order valence-electron chi connectivity index (χ1n) is 7.56. The first-order chi connectivity index (χ1) is 11.9. The highest BCUT2D eigenvalue weighted by Gasteiger charge is 2.20. The molecular weight excluding hydrogens is 340 g/mol. The molecule has 0 aliphatic heterocycles. The Morgan fingerprint density at radius 2 is 1.80 bits per heavy atom. The van der Waals surface area contributed by atoms with Crippen molar-refractivity contribution in [3.05, 3.63) is 67.3 Å². The summed E-state index contributed by atoms with van der Waals surface area (Å²) >= 11 is 0. The molecule has 0 saturated heterocycles. The molecule has 0 unspecified atom stereocenters. The third-order valence-corrected chi connectivity index (χ3v) is 4.38. The summed E-state index contributed by atoms with van der Waals surface area (Å²) in [5.41, 5.74) is 0.991. The largest absolute Gasteiger partial charge is 0.490 e. The van der Waals surface area contributed by atoms with E-state index in [4.69, 9.17) is 4.74 Å². The lowest BCUT2D eigenvalue weighted by atomic mass is 10.3. The van der Waals surface area contributed by atoms with Crippen LogP contribution in [0.25, 0.3) is 0 Å². The van der Waals surface area contributed by atoms with Gasteiger partial charge in [0, 0.05) is 5.69 Å². The normalized spacial score (nSPS) is 10.8. The maximum atomic E-state index is 12.2. The van der Waals surface area contributed by atoms with Crippen molar-refractivity contribution in [1.29, 1.82) is 0 Å². The van der Waals surface area contributed by atoms with E-state index in [0.717, 1.165) is 10.6 Å². The minimum Gasteiger partial charge on any atom is -0.490 e. The molecule has 25 heavy (non-hydrogen) atoms. The van der Waals surface area contributed by atoms with Crippen LogP contribution in [0.15, 0.2) is 67.3 Å². The van der Waals surface area contributed by atoms with Crippen LogP contribution in [0.4, 0.5) is 11.4 Å². The van der Waals surface area contributed by atoms with Gasteiger partial charge in [-0.3, -0.25) is 9.10 Å². The number of carbonyl (C=O) groups is 1. The molecule has 0 aliphatic rings. The Hall–Kier alpha value is -2.80. The van der Waals surface area contributed by atoms with Gasteiger partial charge in [0.15, 0.2) is 0 Å². The molecule has 6 nitrogen and oxygen atoms in total. The summed E-state index contributed by atoms with van der Waals surface area (Å²) in [5, 5.41) is 2.68. The number of sulfonamides is 1. The van der Waals surface area contributed by atoms with Crippen LogP contribution in [0.2, 0.25) is 0 Å². The van der Waals surface area contributed by atoms with Gasteiger partial charge in [-0.1, -0.05) is 30.9 Å². The highest BCUT2D eigenvalue weighted by molar-refractivity contribution is 7.92.